The first kappa shape index (κ1) is 12.6. The zero-order chi connectivity index (χ0) is 12.7. The second kappa shape index (κ2) is 3.54. The number of carboxylic acids is 1. The van der Waals surface area contributed by atoms with E-state index in [1.165, 1.54) is 11.7 Å². The zero-order valence-corrected chi connectivity index (χ0v) is 9.58. The SMILES string of the molecule is Cn1cc(C(F)(F)C(=O)O)c(C(C)(C)C)n1. The summed E-state index contributed by atoms with van der Waals surface area (Å²) in [6.45, 7) is 5.12. The Labute approximate surface area is 91.9 Å². The fourth-order valence-corrected chi connectivity index (χ4v) is 1.39. The Hall–Kier alpha value is -1.46. The third kappa shape index (κ3) is 2.05. The summed E-state index contributed by atoms with van der Waals surface area (Å²) in [7, 11) is 1.48. The van der Waals surface area contributed by atoms with Gasteiger partial charge in [-0.15, -0.1) is 0 Å². The van der Waals surface area contributed by atoms with Crippen molar-refractivity contribution < 1.29 is 18.7 Å². The van der Waals surface area contributed by atoms with Gasteiger partial charge >= 0.3 is 11.9 Å². The fourth-order valence-electron chi connectivity index (χ4n) is 1.39. The molecule has 1 rings (SSSR count). The number of hydrogen-bond acceptors (Lipinski definition) is 2. The number of alkyl halides is 2. The molecule has 0 aliphatic heterocycles. The van der Waals surface area contributed by atoms with Crippen LogP contribution in [0.15, 0.2) is 6.20 Å². The highest BCUT2D eigenvalue weighted by molar-refractivity contribution is 5.77. The van der Waals surface area contributed by atoms with Crippen LogP contribution in [-0.2, 0) is 23.2 Å². The second-order valence-electron chi connectivity index (χ2n) is 4.69. The van der Waals surface area contributed by atoms with Gasteiger partial charge < -0.3 is 5.11 Å². The minimum Gasteiger partial charge on any atom is -0.477 e. The maximum Gasteiger partial charge on any atom is 0.379 e. The summed E-state index contributed by atoms with van der Waals surface area (Å²) in [5.74, 6) is -6.07. The predicted octanol–water partition coefficient (Wildman–Crippen LogP) is 1.89. The number of nitrogens with zero attached hydrogens (tertiary/aromatic N) is 2. The van der Waals surface area contributed by atoms with Crippen LogP contribution in [-0.4, -0.2) is 20.9 Å². The van der Waals surface area contributed by atoms with Crippen LogP contribution in [0.25, 0.3) is 0 Å². The third-order valence-electron chi connectivity index (χ3n) is 2.15. The molecule has 90 valence electrons. The van der Waals surface area contributed by atoms with E-state index in [-0.39, 0.29) is 5.69 Å². The molecule has 0 spiro atoms. The first-order valence-corrected chi connectivity index (χ1v) is 4.72. The number of carbonyl (C=O) groups is 1. The van der Waals surface area contributed by atoms with Crippen molar-refractivity contribution in [2.45, 2.75) is 32.1 Å². The summed E-state index contributed by atoms with van der Waals surface area (Å²) < 4.78 is 28.1. The van der Waals surface area contributed by atoms with Gasteiger partial charge in [-0.05, 0) is 0 Å². The molecule has 1 aromatic rings. The Bertz CT molecular complexity index is 419. The normalized spacial score (nSPS) is 12.9. The van der Waals surface area contributed by atoms with Crippen LogP contribution < -0.4 is 0 Å². The Kier molecular flexibility index (Phi) is 2.79. The summed E-state index contributed by atoms with van der Waals surface area (Å²) in [6.07, 6.45) is 1.05. The Morgan fingerprint density at radius 3 is 2.31 bits per heavy atom. The van der Waals surface area contributed by atoms with Crippen LogP contribution in [0, 0.1) is 0 Å². The molecule has 0 amide bonds. The van der Waals surface area contributed by atoms with Crippen molar-refractivity contribution in [3.63, 3.8) is 0 Å². The number of rotatable bonds is 2. The number of carboxylic acid groups (broad SMARTS) is 1. The van der Waals surface area contributed by atoms with Crippen LogP contribution in [0.4, 0.5) is 8.78 Å². The predicted molar refractivity (Wildman–Crippen MR) is 53.4 cm³/mol. The number of hydrogen-bond donors (Lipinski definition) is 1. The molecule has 0 unspecified atom stereocenters. The van der Waals surface area contributed by atoms with Crippen molar-refractivity contribution >= 4 is 5.97 Å². The molecule has 0 aromatic carbocycles. The number of halogens is 2. The molecule has 0 aliphatic rings. The molecule has 0 fully saturated rings. The van der Waals surface area contributed by atoms with E-state index in [9.17, 15) is 13.6 Å². The molecule has 0 radical (unpaired) electrons. The largest absolute Gasteiger partial charge is 0.477 e. The van der Waals surface area contributed by atoms with Crippen LogP contribution in [0.5, 0.6) is 0 Å². The highest BCUT2D eigenvalue weighted by atomic mass is 19.3. The highest BCUT2D eigenvalue weighted by Crippen LogP contribution is 2.35. The summed E-state index contributed by atoms with van der Waals surface area (Å²) in [4.78, 5) is 10.5. The standard InChI is InChI=1S/C10H14F2N2O2/c1-9(2,3)7-6(5-14(4)13-7)10(11,12)8(15)16/h5H,1-4H3,(H,15,16). The molecule has 0 aliphatic carbocycles. The van der Waals surface area contributed by atoms with Crippen LogP contribution in [0.1, 0.15) is 32.0 Å². The van der Waals surface area contributed by atoms with Gasteiger partial charge in [0.25, 0.3) is 0 Å². The van der Waals surface area contributed by atoms with Gasteiger partial charge in [-0.2, -0.15) is 13.9 Å². The zero-order valence-electron chi connectivity index (χ0n) is 9.58. The van der Waals surface area contributed by atoms with Crippen LogP contribution in [0.2, 0.25) is 0 Å². The molecule has 0 atom stereocenters. The van der Waals surface area contributed by atoms with E-state index in [4.69, 9.17) is 5.11 Å². The van der Waals surface area contributed by atoms with E-state index < -0.39 is 22.9 Å². The molecule has 1 aromatic heterocycles. The fraction of sp³-hybridized carbons (Fsp3) is 0.600. The molecule has 0 saturated carbocycles. The topological polar surface area (TPSA) is 55.1 Å². The molecule has 4 nitrogen and oxygen atoms in total. The second-order valence-corrected chi connectivity index (χ2v) is 4.69. The molecule has 0 bridgehead atoms. The average Bonchev–Trinajstić information content (AvgIpc) is 2.46. The number of aryl methyl sites for hydroxylation is 1. The van der Waals surface area contributed by atoms with Crippen molar-refractivity contribution in [1.82, 2.24) is 9.78 Å². The van der Waals surface area contributed by atoms with Gasteiger partial charge in [0, 0.05) is 18.7 Å². The van der Waals surface area contributed by atoms with Crippen molar-refractivity contribution in [3.05, 3.63) is 17.5 Å². The average molecular weight is 232 g/mol. The lowest BCUT2D eigenvalue weighted by Crippen LogP contribution is -2.28. The van der Waals surface area contributed by atoms with Gasteiger partial charge in [0.05, 0.1) is 11.3 Å². The van der Waals surface area contributed by atoms with E-state index >= 15 is 0 Å². The van der Waals surface area contributed by atoms with Crippen molar-refractivity contribution in [2.75, 3.05) is 0 Å². The summed E-state index contributed by atoms with van der Waals surface area (Å²) in [5.41, 5.74) is -1.08. The van der Waals surface area contributed by atoms with Gasteiger partial charge in [0.15, 0.2) is 0 Å². The molecule has 1 heterocycles. The Balaban J connectivity index is 3.40. The lowest BCUT2D eigenvalue weighted by molar-refractivity contribution is -0.166. The first-order valence-electron chi connectivity index (χ1n) is 4.72. The van der Waals surface area contributed by atoms with E-state index in [1.807, 2.05) is 0 Å². The van der Waals surface area contributed by atoms with Crippen molar-refractivity contribution in [3.8, 4) is 0 Å². The van der Waals surface area contributed by atoms with Crippen LogP contribution >= 0.6 is 0 Å². The third-order valence-corrected chi connectivity index (χ3v) is 2.15. The first-order chi connectivity index (χ1) is 7.06. The van der Waals surface area contributed by atoms with E-state index in [0.717, 1.165) is 6.20 Å². The van der Waals surface area contributed by atoms with Gasteiger partial charge in [-0.25, -0.2) is 4.79 Å². The molecular formula is C10H14F2N2O2. The minimum absolute atomic E-state index is 0.0994. The van der Waals surface area contributed by atoms with Gasteiger partial charge in [-0.1, -0.05) is 20.8 Å². The smallest absolute Gasteiger partial charge is 0.379 e. The summed E-state index contributed by atoms with van der Waals surface area (Å²) in [5, 5.41) is 12.4. The van der Waals surface area contributed by atoms with E-state index in [2.05, 4.69) is 5.10 Å². The lowest BCUT2D eigenvalue weighted by Gasteiger charge is -2.19. The minimum atomic E-state index is -3.91. The lowest BCUT2D eigenvalue weighted by atomic mass is 9.88. The number of aromatic nitrogens is 2. The maximum atomic E-state index is 13.4. The van der Waals surface area contributed by atoms with Crippen molar-refractivity contribution in [1.29, 1.82) is 0 Å². The quantitative estimate of drug-likeness (QED) is 0.847. The monoisotopic (exact) mass is 232 g/mol. The molecule has 16 heavy (non-hydrogen) atoms. The van der Waals surface area contributed by atoms with E-state index in [0.29, 0.717) is 0 Å². The van der Waals surface area contributed by atoms with Gasteiger partial charge in [0.2, 0.25) is 0 Å². The molecule has 6 heteroatoms. The van der Waals surface area contributed by atoms with Gasteiger partial charge in [0.1, 0.15) is 0 Å². The molecular weight excluding hydrogens is 218 g/mol. The Morgan fingerprint density at radius 1 is 1.44 bits per heavy atom. The van der Waals surface area contributed by atoms with E-state index in [1.54, 1.807) is 20.8 Å². The maximum absolute atomic E-state index is 13.4. The summed E-state index contributed by atoms with van der Waals surface area (Å²) in [6, 6.07) is 0. The summed E-state index contributed by atoms with van der Waals surface area (Å²) >= 11 is 0. The molecule has 1 N–H and O–H groups in total. The highest BCUT2D eigenvalue weighted by Gasteiger charge is 2.46. The number of aliphatic carboxylic acids is 1. The van der Waals surface area contributed by atoms with Gasteiger partial charge in [-0.3, -0.25) is 4.68 Å². The molecule has 0 saturated heterocycles. The van der Waals surface area contributed by atoms with Crippen LogP contribution in [0.3, 0.4) is 0 Å². The Morgan fingerprint density at radius 2 is 1.94 bits per heavy atom. The van der Waals surface area contributed by atoms with Crippen molar-refractivity contribution in [2.24, 2.45) is 7.05 Å².